The lowest BCUT2D eigenvalue weighted by Gasteiger charge is -2.29. The van der Waals surface area contributed by atoms with Crippen LogP contribution in [0.5, 0.6) is 5.75 Å². The minimum Gasteiger partial charge on any atom is -0.495 e. The SMILES string of the molecule is COc1ccc(Cl)cc1N/C=C1/C(=O)c2sccc2N(Cc2ccccc2)S1(=O)=O. The fraction of sp³-hybridized carbons (Fsp3) is 0.0952. The number of thiophene rings is 1. The minimum atomic E-state index is -4.08. The molecule has 0 spiro atoms. The second kappa shape index (κ2) is 8.14. The Labute approximate surface area is 183 Å². The van der Waals surface area contributed by atoms with Gasteiger partial charge in [-0.25, -0.2) is 8.42 Å². The van der Waals surface area contributed by atoms with Crippen molar-refractivity contribution < 1.29 is 17.9 Å². The standard InChI is InChI=1S/C21H17ClN2O4S2/c1-28-18-8-7-15(22)11-16(18)23-12-19-20(25)21-17(9-10-29-21)24(30(19,26)27)13-14-5-3-2-4-6-14/h2-12,23H,13H2,1H3/b19-12-. The first kappa shape index (κ1) is 20.5. The van der Waals surface area contributed by atoms with Crippen LogP contribution in [0.4, 0.5) is 11.4 Å². The Morgan fingerprint density at radius 2 is 1.93 bits per heavy atom. The molecule has 0 amide bonds. The quantitative estimate of drug-likeness (QED) is 0.548. The zero-order valence-corrected chi connectivity index (χ0v) is 18.2. The monoisotopic (exact) mass is 460 g/mol. The molecule has 1 aromatic heterocycles. The molecular weight excluding hydrogens is 444 g/mol. The second-order valence-corrected chi connectivity index (χ2v) is 9.64. The van der Waals surface area contributed by atoms with Gasteiger partial charge in [0.05, 0.1) is 25.0 Å². The van der Waals surface area contributed by atoms with E-state index in [9.17, 15) is 13.2 Å². The fourth-order valence-electron chi connectivity index (χ4n) is 3.14. The third-order valence-electron chi connectivity index (χ3n) is 4.60. The van der Waals surface area contributed by atoms with Crippen LogP contribution < -0.4 is 14.4 Å². The molecule has 9 heteroatoms. The number of carbonyl (C=O) groups excluding carboxylic acids is 1. The van der Waals surface area contributed by atoms with Gasteiger partial charge in [0.15, 0.2) is 4.91 Å². The van der Waals surface area contributed by atoms with Crippen molar-refractivity contribution >= 4 is 50.1 Å². The molecule has 0 atom stereocenters. The van der Waals surface area contributed by atoms with E-state index in [1.54, 1.807) is 29.6 Å². The van der Waals surface area contributed by atoms with Gasteiger partial charge in [0.1, 0.15) is 10.6 Å². The second-order valence-electron chi connectivity index (χ2n) is 6.46. The number of ether oxygens (including phenoxy) is 1. The van der Waals surface area contributed by atoms with Crippen LogP contribution in [0, 0.1) is 0 Å². The largest absolute Gasteiger partial charge is 0.495 e. The lowest BCUT2D eigenvalue weighted by Crippen LogP contribution is -2.38. The molecule has 2 heterocycles. The van der Waals surface area contributed by atoms with Crippen molar-refractivity contribution in [3.8, 4) is 5.75 Å². The third kappa shape index (κ3) is 3.69. The first-order valence-corrected chi connectivity index (χ1v) is 11.6. The number of allylic oxidation sites excluding steroid dienone is 1. The molecule has 2 aromatic carbocycles. The van der Waals surface area contributed by atoms with Crippen molar-refractivity contribution in [2.24, 2.45) is 0 Å². The van der Waals surface area contributed by atoms with Gasteiger partial charge in [-0.2, -0.15) is 0 Å². The number of nitrogens with zero attached hydrogens (tertiary/aromatic N) is 1. The van der Waals surface area contributed by atoms with Gasteiger partial charge in [-0.1, -0.05) is 41.9 Å². The van der Waals surface area contributed by atoms with Crippen LogP contribution in [0.15, 0.2) is 71.1 Å². The Morgan fingerprint density at radius 1 is 1.17 bits per heavy atom. The molecule has 0 unspecified atom stereocenters. The molecule has 0 saturated heterocycles. The van der Waals surface area contributed by atoms with E-state index in [0.717, 1.165) is 5.56 Å². The Morgan fingerprint density at radius 3 is 2.67 bits per heavy atom. The van der Waals surface area contributed by atoms with Gasteiger partial charge in [0, 0.05) is 11.2 Å². The number of rotatable bonds is 5. The smallest absolute Gasteiger partial charge is 0.270 e. The van der Waals surface area contributed by atoms with Crippen molar-refractivity contribution in [1.29, 1.82) is 0 Å². The maximum atomic E-state index is 13.4. The number of Topliss-reactive ketones (excluding diaryl/α,β-unsaturated/α-hetero) is 1. The number of halogens is 1. The molecule has 6 nitrogen and oxygen atoms in total. The molecule has 0 bridgehead atoms. The molecule has 1 aliphatic heterocycles. The number of hydrogen-bond donors (Lipinski definition) is 1. The molecule has 1 N–H and O–H groups in total. The number of sulfonamides is 1. The average Bonchev–Trinajstić information content (AvgIpc) is 3.21. The summed E-state index contributed by atoms with van der Waals surface area (Å²) in [4.78, 5) is 13.0. The van der Waals surface area contributed by atoms with Crippen LogP contribution in [-0.2, 0) is 16.6 Å². The fourth-order valence-corrected chi connectivity index (χ4v) is 5.80. The maximum Gasteiger partial charge on any atom is 0.270 e. The molecule has 1 aliphatic rings. The van der Waals surface area contributed by atoms with Gasteiger partial charge in [-0.3, -0.25) is 9.10 Å². The number of methoxy groups -OCH3 is 1. The topological polar surface area (TPSA) is 75.7 Å². The van der Waals surface area contributed by atoms with E-state index < -0.39 is 15.8 Å². The predicted molar refractivity (Wildman–Crippen MR) is 120 cm³/mol. The number of fused-ring (bicyclic) bond motifs is 1. The molecule has 0 saturated carbocycles. The zero-order chi connectivity index (χ0) is 21.3. The average molecular weight is 461 g/mol. The third-order valence-corrected chi connectivity index (χ3v) is 7.50. The lowest BCUT2D eigenvalue weighted by atomic mass is 10.2. The van der Waals surface area contributed by atoms with E-state index in [0.29, 0.717) is 27.0 Å². The summed E-state index contributed by atoms with van der Waals surface area (Å²) in [6, 6.07) is 15.8. The van der Waals surface area contributed by atoms with Crippen molar-refractivity contribution in [2.45, 2.75) is 6.54 Å². The van der Waals surface area contributed by atoms with E-state index in [1.807, 2.05) is 30.3 Å². The summed E-state index contributed by atoms with van der Waals surface area (Å²) >= 11 is 7.25. The summed E-state index contributed by atoms with van der Waals surface area (Å²) in [5.41, 5.74) is 1.66. The highest BCUT2D eigenvalue weighted by Crippen LogP contribution is 2.39. The Bertz CT molecular complexity index is 1240. The molecule has 4 rings (SSSR count). The lowest BCUT2D eigenvalue weighted by molar-refractivity contribution is 0.104. The van der Waals surface area contributed by atoms with Crippen molar-refractivity contribution in [3.63, 3.8) is 0 Å². The highest BCUT2D eigenvalue weighted by atomic mass is 35.5. The molecular formula is C21H17ClN2O4S2. The van der Waals surface area contributed by atoms with Crippen LogP contribution in [0.2, 0.25) is 5.02 Å². The highest BCUT2D eigenvalue weighted by Gasteiger charge is 2.41. The van der Waals surface area contributed by atoms with E-state index in [4.69, 9.17) is 16.3 Å². The van der Waals surface area contributed by atoms with Gasteiger partial charge in [-0.05, 0) is 35.2 Å². The van der Waals surface area contributed by atoms with Crippen LogP contribution in [-0.4, -0.2) is 21.3 Å². The number of anilines is 2. The summed E-state index contributed by atoms with van der Waals surface area (Å²) in [7, 11) is -2.59. The van der Waals surface area contributed by atoms with Gasteiger partial charge < -0.3 is 10.1 Å². The predicted octanol–water partition coefficient (Wildman–Crippen LogP) is 4.90. The molecule has 3 aromatic rings. The Hall–Kier alpha value is -2.81. The molecule has 0 radical (unpaired) electrons. The maximum absolute atomic E-state index is 13.4. The van der Waals surface area contributed by atoms with Crippen molar-refractivity contribution in [3.05, 3.63) is 86.5 Å². The zero-order valence-electron chi connectivity index (χ0n) is 15.8. The van der Waals surface area contributed by atoms with Gasteiger partial charge in [0.2, 0.25) is 5.78 Å². The van der Waals surface area contributed by atoms with E-state index in [-0.39, 0.29) is 11.4 Å². The molecule has 0 fully saturated rings. The van der Waals surface area contributed by atoms with Crippen molar-refractivity contribution in [2.75, 3.05) is 16.7 Å². The highest BCUT2D eigenvalue weighted by molar-refractivity contribution is 7.97. The van der Waals surface area contributed by atoms with E-state index in [2.05, 4.69) is 5.32 Å². The van der Waals surface area contributed by atoms with Gasteiger partial charge >= 0.3 is 0 Å². The Balaban J connectivity index is 1.76. The van der Waals surface area contributed by atoms with E-state index >= 15 is 0 Å². The summed E-state index contributed by atoms with van der Waals surface area (Å²) in [6.07, 6.45) is 1.20. The first-order chi connectivity index (χ1) is 14.4. The summed E-state index contributed by atoms with van der Waals surface area (Å²) < 4.78 is 33.3. The van der Waals surface area contributed by atoms with Gasteiger partial charge in [0.25, 0.3) is 10.0 Å². The normalized spacial score (nSPS) is 16.4. The summed E-state index contributed by atoms with van der Waals surface area (Å²) in [6.45, 7) is 0.123. The number of benzene rings is 2. The van der Waals surface area contributed by atoms with Crippen LogP contribution in [0.3, 0.4) is 0 Å². The Kier molecular flexibility index (Phi) is 5.55. The van der Waals surface area contributed by atoms with E-state index in [1.165, 1.54) is 29.0 Å². The minimum absolute atomic E-state index is 0.123. The number of ketones is 1. The van der Waals surface area contributed by atoms with Crippen LogP contribution >= 0.6 is 22.9 Å². The van der Waals surface area contributed by atoms with Crippen LogP contribution in [0.25, 0.3) is 0 Å². The number of nitrogens with one attached hydrogen (secondary N) is 1. The summed E-state index contributed by atoms with van der Waals surface area (Å²) in [5, 5.41) is 5.03. The molecule has 30 heavy (non-hydrogen) atoms. The first-order valence-electron chi connectivity index (χ1n) is 8.91. The van der Waals surface area contributed by atoms with Gasteiger partial charge in [-0.15, -0.1) is 11.3 Å². The number of hydrogen-bond acceptors (Lipinski definition) is 6. The summed E-state index contributed by atoms with van der Waals surface area (Å²) in [5.74, 6) is -0.0762. The van der Waals surface area contributed by atoms with Crippen molar-refractivity contribution in [1.82, 2.24) is 0 Å². The molecule has 154 valence electrons. The van der Waals surface area contributed by atoms with Crippen LogP contribution in [0.1, 0.15) is 15.2 Å². The molecule has 0 aliphatic carbocycles. The number of carbonyl (C=O) groups is 1.